The number of hydrogen-bond donors (Lipinski definition) is 0. The van der Waals surface area contributed by atoms with Crippen LogP contribution in [-0.2, 0) is 5.54 Å². The molecule has 0 saturated carbocycles. The van der Waals surface area contributed by atoms with Crippen LogP contribution in [0, 0.1) is 5.82 Å². The maximum Gasteiger partial charge on any atom is 0.152 e. The summed E-state index contributed by atoms with van der Waals surface area (Å²) in [5, 5.41) is 0. The third kappa shape index (κ3) is 2.89. The quantitative estimate of drug-likeness (QED) is 0.614. The van der Waals surface area contributed by atoms with E-state index in [4.69, 9.17) is 0 Å². The summed E-state index contributed by atoms with van der Waals surface area (Å²) < 4.78 is 15.7. The number of nitrogens with zero attached hydrogens (tertiary/aromatic N) is 2. The molecule has 0 aliphatic rings. The van der Waals surface area contributed by atoms with E-state index in [1.54, 1.807) is 0 Å². The minimum atomic E-state index is -0.724. The summed E-state index contributed by atoms with van der Waals surface area (Å²) in [4.78, 5) is 3.91. The Labute approximate surface area is 155 Å². The van der Waals surface area contributed by atoms with Gasteiger partial charge in [0.2, 0.25) is 0 Å². The zero-order valence-corrected chi connectivity index (χ0v) is 15.8. The van der Waals surface area contributed by atoms with Crippen molar-refractivity contribution in [1.82, 2.24) is 4.90 Å². The van der Waals surface area contributed by atoms with Gasteiger partial charge in [-0.05, 0) is 31.3 Å². The molecule has 0 bridgehead atoms. The average Bonchev–Trinajstić information content (AvgIpc) is 2.65. The third-order valence-electron chi connectivity index (χ3n) is 4.90. The largest absolute Gasteiger partial charge is 0.375 e. The summed E-state index contributed by atoms with van der Waals surface area (Å²) in [6, 6.07) is 25.9. The lowest BCUT2D eigenvalue weighted by Gasteiger charge is -2.42. The van der Waals surface area contributed by atoms with E-state index in [-0.39, 0.29) is 5.82 Å². The molecule has 0 heterocycles. The summed E-state index contributed by atoms with van der Waals surface area (Å²) in [6.45, 7) is 0. The fourth-order valence-corrected chi connectivity index (χ4v) is 3.74. The Hall–Kier alpha value is -2.65. The highest BCUT2D eigenvalue weighted by molar-refractivity contribution is 5.57. The van der Waals surface area contributed by atoms with Gasteiger partial charge in [0.25, 0.3) is 0 Å². The van der Waals surface area contributed by atoms with Gasteiger partial charge in [0, 0.05) is 19.7 Å². The van der Waals surface area contributed by atoms with Crippen LogP contribution in [0.25, 0.3) is 0 Å². The zero-order chi connectivity index (χ0) is 18.7. The minimum absolute atomic E-state index is 0.195. The van der Waals surface area contributed by atoms with Gasteiger partial charge in [-0.1, -0.05) is 72.8 Å². The first-order valence-corrected chi connectivity index (χ1v) is 8.74. The van der Waals surface area contributed by atoms with E-state index in [1.165, 1.54) is 0 Å². The van der Waals surface area contributed by atoms with Gasteiger partial charge >= 0.3 is 0 Å². The molecule has 0 N–H and O–H groups in total. The molecule has 0 atom stereocenters. The van der Waals surface area contributed by atoms with Gasteiger partial charge < -0.3 is 4.90 Å². The van der Waals surface area contributed by atoms with E-state index in [9.17, 15) is 0 Å². The summed E-state index contributed by atoms with van der Waals surface area (Å²) in [5.41, 5.74) is 2.57. The van der Waals surface area contributed by atoms with E-state index in [1.807, 2.05) is 87.7 Å². The van der Waals surface area contributed by atoms with Crippen molar-refractivity contribution in [3.63, 3.8) is 0 Å². The molecule has 2 nitrogen and oxygen atoms in total. The summed E-state index contributed by atoms with van der Waals surface area (Å²) in [5.74, 6) is -0.195. The second kappa shape index (κ2) is 7.30. The van der Waals surface area contributed by atoms with Crippen LogP contribution in [0.3, 0.4) is 0 Å². The van der Waals surface area contributed by atoms with Gasteiger partial charge in [0.05, 0.1) is 11.2 Å². The maximum atomic E-state index is 15.7. The number of anilines is 1. The molecule has 3 aromatic rings. The molecule has 0 aliphatic heterocycles. The lowest BCUT2D eigenvalue weighted by molar-refractivity contribution is 0.240. The Bertz CT molecular complexity index is 818. The molecule has 26 heavy (non-hydrogen) atoms. The van der Waals surface area contributed by atoms with Crippen molar-refractivity contribution < 1.29 is 4.39 Å². The van der Waals surface area contributed by atoms with Gasteiger partial charge in [-0.15, -0.1) is 0 Å². The van der Waals surface area contributed by atoms with Crippen LogP contribution in [0.15, 0.2) is 78.9 Å². The highest BCUT2D eigenvalue weighted by Crippen LogP contribution is 2.43. The number of rotatable bonds is 5. The van der Waals surface area contributed by atoms with Gasteiger partial charge in [-0.2, -0.15) is 0 Å². The van der Waals surface area contributed by atoms with E-state index in [0.717, 1.165) is 11.1 Å². The Morgan fingerprint density at radius 3 is 1.58 bits per heavy atom. The molecule has 0 radical (unpaired) electrons. The summed E-state index contributed by atoms with van der Waals surface area (Å²) in [7, 11) is 7.73. The van der Waals surface area contributed by atoms with Crippen LogP contribution in [-0.4, -0.2) is 33.1 Å². The summed E-state index contributed by atoms with van der Waals surface area (Å²) in [6.07, 6.45) is 0. The van der Waals surface area contributed by atoms with Crippen molar-refractivity contribution in [3.05, 3.63) is 101 Å². The van der Waals surface area contributed by atoms with Gasteiger partial charge in [-0.25, -0.2) is 4.39 Å². The molecule has 0 spiro atoms. The molecular weight excluding hydrogens is 323 g/mol. The number of halogens is 1. The third-order valence-corrected chi connectivity index (χ3v) is 4.90. The van der Waals surface area contributed by atoms with E-state index in [0.29, 0.717) is 11.3 Å². The van der Waals surface area contributed by atoms with Crippen molar-refractivity contribution >= 4 is 5.69 Å². The molecule has 0 aromatic heterocycles. The van der Waals surface area contributed by atoms with E-state index < -0.39 is 5.54 Å². The standard InChI is InChI=1S/C23H25FN2/c1-25(2)21-17-11-16-20(22(21)24)23(26(3)4,18-12-7-5-8-13-18)19-14-9-6-10-15-19/h5-17H,1-4H3. The molecule has 0 aliphatic carbocycles. The van der Waals surface area contributed by atoms with Crippen LogP contribution in [0.2, 0.25) is 0 Å². The molecule has 134 valence electrons. The zero-order valence-electron chi connectivity index (χ0n) is 15.8. The molecule has 0 saturated heterocycles. The normalized spacial score (nSPS) is 11.6. The van der Waals surface area contributed by atoms with Crippen LogP contribution >= 0.6 is 0 Å². The van der Waals surface area contributed by atoms with Crippen molar-refractivity contribution in [3.8, 4) is 0 Å². The fourth-order valence-electron chi connectivity index (χ4n) is 3.74. The minimum Gasteiger partial charge on any atom is -0.375 e. The van der Waals surface area contributed by atoms with Crippen LogP contribution in [0.5, 0.6) is 0 Å². The Kier molecular flexibility index (Phi) is 5.10. The average molecular weight is 348 g/mol. The first-order valence-electron chi connectivity index (χ1n) is 8.74. The lowest BCUT2D eigenvalue weighted by Crippen LogP contribution is -2.44. The fraction of sp³-hybridized carbons (Fsp3) is 0.217. The van der Waals surface area contributed by atoms with Crippen LogP contribution in [0.1, 0.15) is 16.7 Å². The van der Waals surface area contributed by atoms with Gasteiger partial charge in [-0.3, -0.25) is 4.90 Å². The summed E-state index contributed by atoms with van der Waals surface area (Å²) >= 11 is 0. The topological polar surface area (TPSA) is 6.48 Å². The van der Waals surface area contributed by atoms with E-state index in [2.05, 4.69) is 29.2 Å². The van der Waals surface area contributed by atoms with Crippen molar-refractivity contribution in [2.75, 3.05) is 33.1 Å². The van der Waals surface area contributed by atoms with E-state index >= 15 is 4.39 Å². The highest BCUT2D eigenvalue weighted by atomic mass is 19.1. The Morgan fingerprint density at radius 1 is 0.654 bits per heavy atom. The van der Waals surface area contributed by atoms with Crippen molar-refractivity contribution in [2.45, 2.75) is 5.54 Å². The van der Waals surface area contributed by atoms with Gasteiger partial charge in [0.15, 0.2) is 5.82 Å². The number of hydrogen-bond acceptors (Lipinski definition) is 2. The van der Waals surface area contributed by atoms with Crippen molar-refractivity contribution in [2.24, 2.45) is 0 Å². The first-order chi connectivity index (χ1) is 12.5. The van der Waals surface area contributed by atoms with Crippen molar-refractivity contribution in [1.29, 1.82) is 0 Å². The SMILES string of the molecule is CN(C)c1cccc(C(c2ccccc2)(c2ccccc2)N(C)C)c1F. The van der Waals surface area contributed by atoms with Crippen LogP contribution < -0.4 is 4.90 Å². The predicted molar refractivity (Wildman–Crippen MR) is 107 cm³/mol. The molecular formula is C23H25FN2. The second-order valence-corrected chi connectivity index (χ2v) is 6.87. The van der Waals surface area contributed by atoms with Crippen LogP contribution in [0.4, 0.5) is 10.1 Å². The predicted octanol–water partition coefficient (Wildman–Crippen LogP) is 4.75. The monoisotopic (exact) mass is 348 g/mol. The molecule has 3 heteroatoms. The van der Waals surface area contributed by atoms with Gasteiger partial charge in [0.1, 0.15) is 0 Å². The molecule has 0 amide bonds. The molecule has 3 rings (SSSR count). The second-order valence-electron chi connectivity index (χ2n) is 6.87. The first kappa shape index (κ1) is 18.2. The smallest absolute Gasteiger partial charge is 0.152 e. The molecule has 0 fully saturated rings. The Morgan fingerprint density at radius 2 is 1.15 bits per heavy atom. The molecule has 0 unspecified atom stereocenters. The highest BCUT2D eigenvalue weighted by Gasteiger charge is 2.41. The molecule has 3 aromatic carbocycles. The maximum absolute atomic E-state index is 15.7. The lowest BCUT2D eigenvalue weighted by atomic mass is 9.75. The Balaban J connectivity index is 2.41. The number of benzene rings is 3.